The van der Waals surface area contributed by atoms with E-state index in [1.54, 1.807) is 11.8 Å². The molecule has 1 aromatic rings. The van der Waals surface area contributed by atoms with Crippen molar-refractivity contribution in [3.05, 3.63) is 35.4 Å². The van der Waals surface area contributed by atoms with Gasteiger partial charge in [0.25, 0.3) is 0 Å². The highest BCUT2D eigenvalue weighted by atomic mass is 32.2. The van der Waals surface area contributed by atoms with E-state index in [1.807, 2.05) is 13.2 Å². The van der Waals surface area contributed by atoms with Crippen LogP contribution in [-0.4, -0.2) is 34.0 Å². The Kier molecular flexibility index (Phi) is 5.87. The Morgan fingerprint density at radius 1 is 1.38 bits per heavy atom. The lowest BCUT2D eigenvalue weighted by Gasteiger charge is -2.15. The third kappa shape index (κ3) is 4.35. The number of benzene rings is 1. The van der Waals surface area contributed by atoms with E-state index in [2.05, 4.69) is 46.7 Å². The lowest BCUT2D eigenvalue weighted by Crippen LogP contribution is -2.36. The van der Waals surface area contributed by atoms with Crippen LogP contribution in [0.4, 0.5) is 0 Å². The minimum absolute atomic E-state index is 0.00485. The predicted octanol–water partition coefficient (Wildman–Crippen LogP) is 3.06. The first kappa shape index (κ1) is 16.1. The van der Waals surface area contributed by atoms with E-state index in [4.69, 9.17) is 0 Å². The van der Waals surface area contributed by atoms with Crippen LogP contribution >= 0.6 is 23.5 Å². The number of thioether (sulfide) groups is 2. The van der Waals surface area contributed by atoms with Gasteiger partial charge >= 0.3 is 0 Å². The number of amides is 1. The molecule has 0 spiro atoms. The van der Waals surface area contributed by atoms with Crippen LogP contribution in [0.5, 0.6) is 0 Å². The summed E-state index contributed by atoms with van der Waals surface area (Å²) in [5.41, 5.74) is 3.25. The molecule has 0 radical (unpaired) electrons. The summed E-state index contributed by atoms with van der Waals surface area (Å²) in [6.07, 6.45) is 2.75. The van der Waals surface area contributed by atoms with Gasteiger partial charge in [-0.05, 0) is 25.2 Å². The van der Waals surface area contributed by atoms with Crippen molar-refractivity contribution in [1.82, 2.24) is 5.32 Å². The molecule has 0 bridgehead atoms. The minimum atomic E-state index is -0.0317. The molecule has 0 saturated heterocycles. The van der Waals surface area contributed by atoms with E-state index in [9.17, 15) is 4.79 Å². The maximum Gasteiger partial charge on any atom is 0.239 e. The molecule has 21 heavy (non-hydrogen) atoms. The molecule has 0 fully saturated rings. The molecular formula is C15H19N3OS2. The summed E-state index contributed by atoms with van der Waals surface area (Å²) >= 11 is 3.07. The van der Waals surface area contributed by atoms with Gasteiger partial charge in [0.05, 0.1) is 11.0 Å². The van der Waals surface area contributed by atoms with Crippen molar-refractivity contribution in [1.29, 1.82) is 0 Å². The SMILES string of the molecule is CCC(SC)C(=O)NC1=NN=C(c2ccc(C)cc2)CS1. The lowest BCUT2D eigenvalue weighted by atomic mass is 10.1. The van der Waals surface area contributed by atoms with Crippen LogP contribution < -0.4 is 5.32 Å². The van der Waals surface area contributed by atoms with Gasteiger partial charge in [-0.15, -0.1) is 5.10 Å². The fourth-order valence-electron chi connectivity index (χ4n) is 1.89. The van der Waals surface area contributed by atoms with Crippen molar-refractivity contribution >= 4 is 40.3 Å². The molecule has 1 aromatic carbocycles. The summed E-state index contributed by atoms with van der Waals surface area (Å²) in [4.78, 5) is 12.0. The average Bonchev–Trinajstić information content (AvgIpc) is 2.50. The fraction of sp³-hybridized carbons (Fsp3) is 0.400. The van der Waals surface area contributed by atoms with Crippen LogP contribution in [0.3, 0.4) is 0 Å². The van der Waals surface area contributed by atoms with E-state index in [-0.39, 0.29) is 11.2 Å². The van der Waals surface area contributed by atoms with Crippen LogP contribution in [0.25, 0.3) is 0 Å². The van der Waals surface area contributed by atoms with Crippen molar-refractivity contribution < 1.29 is 4.79 Å². The molecular weight excluding hydrogens is 302 g/mol. The first-order valence-electron chi connectivity index (χ1n) is 6.82. The second-order valence-corrected chi connectivity index (χ2v) is 6.73. The second kappa shape index (κ2) is 7.66. The second-order valence-electron chi connectivity index (χ2n) is 4.73. The monoisotopic (exact) mass is 321 g/mol. The average molecular weight is 321 g/mol. The Hall–Kier alpha value is -1.27. The Morgan fingerprint density at radius 2 is 2.10 bits per heavy atom. The van der Waals surface area contributed by atoms with Crippen LogP contribution in [0.1, 0.15) is 24.5 Å². The minimum Gasteiger partial charge on any atom is -0.303 e. The van der Waals surface area contributed by atoms with Crippen molar-refractivity contribution in [3.8, 4) is 0 Å². The van der Waals surface area contributed by atoms with Crippen LogP contribution in [0.15, 0.2) is 34.5 Å². The van der Waals surface area contributed by atoms with Gasteiger partial charge in [0.15, 0.2) is 5.17 Å². The van der Waals surface area contributed by atoms with E-state index >= 15 is 0 Å². The maximum atomic E-state index is 12.0. The van der Waals surface area contributed by atoms with E-state index in [1.165, 1.54) is 17.3 Å². The zero-order valence-electron chi connectivity index (χ0n) is 12.4. The Morgan fingerprint density at radius 3 is 2.62 bits per heavy atom. The zero-order chi connectivity index (χ0) is 15.2. The smallest absolute Gasteiger partial charge is 0.239 e. The van der Waals surface area contributed by atoms with Gasteiger partial charge in [-0.1, -0.05) is 48.5 Å². The van der Waals surface area contributed by atoms with Crippen LogP contribution in [0.2, 0.25) is 0 Å². The molecule has 1 atom stereocenters. The maximum absolute atomic E-state index is 12.0. The quantitative estimate of drug-likeness (QED) is 0.927. The molecule has 1 aliphatic heterocycles. The third-order valence-electron chi connectivity index (χ3n) is 3.17. The van der Waals surface area contributed by atoms with E-state index in [0.717, 1.165) is 23.4 Å². The summed E-state index contributed by atoms with van der Waals surface area (Å²) < 4.78 is 0. The highest BCUT2D eigenvalue weighted by Crippen LogP contribution is 2.16. The van der Waals surface area contributed by atoms with E-state index in [0.29, 0.717) is 5.17 Å². The van der Waals surface area contributed by atoms with E-state index < -0.39 is 0 Å². The number of rotatable bonds is 4. The van der Waals surface area contributed by atoms with Gasteiger partial charge in [0, 0.05) is 5.75 Å². The molecule has 1 unspecified atom stereocenters. The molecule has 6 heteroatoms. The molecule has 112 valence electrons. The Bertz CT molecular complexity index is 563. The number of nitrogens with zero attached hydrogens (tertiary/aromatic N) is 2. The topological polar surface area (TPSA) is 53.8 Å². The Labute approximate surface area is 133 Å². The normalized spacial score (nSPS) is 16.0. The Balaban J connectivity index is 2.03. The van der Waals surface area contributed by atoms with Gasteiger partial charge in [-0.25, -0.2) is 0 Å². The molecule has 1 N–H and O–H groups in total. The summed E-state index contributed by atoms with van der Waals surface area (Å²) in [6, 6.07) is 8.23. The first-order chi connectivity index (χ1) is 10.1. The number of aryl methyl sites for hydroxylation is 1. The fourth-order valence-corrected chi connectivity index (χ4v) is 3.27. The highest BCUT2D eigenvalue weighted by molar-refractivity contribution is 8.14. The van der Waals surface area contributed by atoms with Crippen molar-refractivity contribution in [2.24, 2.45) is 10.2 Å². The van der Waals surface area contributed by atoms with Crippen LogP contribution in [0, 0.1) is 6.92 Å². The van der Waals surface area contributed by atoms with Gasteiger partial charge in [0.1, 0.15) is 0 Å². The van der Waals surface area contributed by atoms with Crippen molar-refractivity contribution in [3.63, 3.8) is 0 Å². The van der Waals surface area contributed by atoms with Gasteiger partial charge in [-0.2, -0.15) is 16.9 Å². The summed E-state index contributed by atoms with van der Waals surface area (Å²) in [5, 5.41) is 11.8. The van der Waals surface area contributed by atoms with Crippen LogP contribution in [-0.2, 0) is 4.79 Å². The summed E-state index contributed by atoms with van der Waals surface area (Å²) in [5.74, 6) is 0.725. The number of carbonyl (C=O) groups excluding carboxylic acids is 1. The lowest BCUT2D eigenvalue weighted by molar-refractivity contribution is -0.119. The first-order valence-corrected chi connectivity index (χ1v) is 9.09. The van der Waals surface area contributed by atoms with Gasteiger partial charge in [-0.3, -0.25) is 4.79 Å². The largest absolute Gasteiger partial charge is 0.303 e. The zero-order valence-corrected chi connectivity index (χ0v) is 14.1. The molecule has 2 rings (SSSR count). The predicted molar refractivity (Wildman–Crippen MR) is 93.3 cm³/mol. The molecule has 1 amide bonds. The van der Waals surface area contributed by atoms with Gasteiger partial charge in [0.2, 0.25) is 5.91 Å². The summed E-state index contributed by atoms with van der Waals surface area (Å²) in [7, 11) is 0. The molecule has 0 aliphatic carbocycles. The number of hydrogen-bond acceptors (Lipinski definition) is 5. The third-order valence-corrected chi connectivity index (χ3v) is 5.16. The van der Waals surface area contributed by atoms with Crippen molar-refractivity contribution in [2.75, 3.05) is 12.0 Å². The number of hydrogen-bond donors (Lipinski definition) is 1. The van der Waals surface area contributed by atoms with Crippen molar-refractivity contribution in [2.45, 2.75) is 25.5 Å². The number of carbonyl (C=O) groups is 1. The molecule has 4 nitrogen and oxygen atoms in total. The molecule has 1 heterocycles. The molecule has 0 saturated carbocycles. The highest BCUT2D eigenvalue weighted by Gasteiger charge is 2.19. The number of amidine groups is 1. The van der Waals surface area contributed by atoms with Gasteiger partial charge < -0.3 is 5.32 Å². The number of nitrogens with one attached hydrogen (secondary N) is 1. The summed E-state index contributed by atoms with van der Waals surface area (Å²) in [6.45, 7) is 4.06. The molecule has 1 aliphatic rings. The standard InChI is InChI=1S/C15H19N3OS2/c1-4-13(20-3)14(19)16-15-18-17-12(9-21-15)11-7-5-10(2)6-8-11/h5-8,13H,4,9H2,1-3H3,(H,16,18,19). The molecule has 0 aromatic heterocycles.